The maximum Gasteiger partial charge on any atom is 0.241 e. The van der Waals surface area contributed by atoms with Crippen molar-refractivity contribution in [3.63, 3.8) is 0 Å². The van der Waals surface area contributed by atoms with Crippen LogP contribution in [0.4, 0.5) is 10.3 Å². The maximum absolute atomic E-state index is 14.1. The molecule has 2 atom stereocenters. The van der Waals surface area contributed by atoms with E-state index in [1.165, 1.54) is 10.7 Å². The molecule has 1 aliphatic rings. The number of aliphatic hydroxyl groups is 1. The second kappa shape index (κ2) is 5.98. The average molecular weight is 329 g/mol. The van der Waals surface area contributed by atoms with Crippen molar-refractivity contribution in [1.29, 1.82) is 0 Å². The van der Waals surface area contributed by atoms with Gasteiger partial charge in [-0.3, -0.25) is 0 Å². The van der Waals surface area contributed by atoms with Gasteiger partial charge in [-0.2, -0.15) is 0 Å². The first kappa shape index (κ1) is 15.5. The Morgan fingerprint density at radius 3 is 3.00 bits per heavy atom. The van der Waals surface area contributed by atoms with Crippen molar-refractivity contribution in [1.82, 2.24) is 14.6 Å². The third-order valence-corrected chi connectivity index (χ3v) is 4.15. The molecule has 0 spiro atoms. The predicted octanol–water partition coefficient (Wildman–Crippen LogP) is 2.21. The van der Waals surface area contributed by atoms with Gasteiger partial charge in [0.15, 0.2) is 5.82 Å². The lowest BCUT2D eigenvalue weighted by Gasteiger charge is -2.28. The van der Waals surface area contributed by atoms with Crippen LogP contribution in [0.1, 0.15) is 31.9 Å². The van der Waals surface area contributed by atoms with E-state index in [1.807, 2.05) is 13.8 Å². The van der Waals surface area contributed by atoms with Crippen LogP contribution in [0.3, 0.4) is 0 Å². The lowest BCUT2D eigenvalue weighted by Crippen LogP contribution is -2.42. The number of nitrogens with zero attached hydrogens (tertiary/aromatic N) is 3. The van der Waals surface area contributed by atoms with Gasteiger partial charge in [-0.05, 0) is 12.3 Å². The second-order valence-electron chi connectivity index (χ2n) is 5.73. The van der Waals surface area contributed by atoms with E-state index < -0.39 is 11.9 Å². The van der Waals surface area contributed by atoms with Gasteiger partial charge < -0.3 is 15.2 Å². The van der Waals surface area contributed by atoms with E-state index in [0.29, 0.717) is 24.7 Å². The van der Waals surface area contributed by atoms with Crippen LogP contribution >= 0.6 is 11.6 Å². The highest BCUT2D eigenvalue weighted by Gasteiger charge is 2.25. The number of halogens is 2. The molecular formula is C14H18ClFN4O2. The van der Waals surface area contributed by atoms with E-state index in [2.05, 4.69) is 15.4 Å². The lowest BCUT2D eigenvalue weighted by atomic mass is 10.1. The van der Waals surface area contributed by atoms with Crippen molar-refractivity contribution >= 4 is 23.1 Å². The Morgan fingerprint density at radius 2 is 2.32 bits per heavy atom. The number of rotatable bonds is 3. The third kappa shape index (κ3) is 2.64. The summed E-state index contributed by atoms with van der Waals surface area (Å²) in [6.45, 7) is 4.69. The molecule has 2 aromatic heterocycles. The molecule has 120 valence electrons. The minimum atomic E-state index is -0.623. The van der Waals surface area contributed by atoms with Gasteiger partial charge in [0.25, 0.3) is 0 Å². The maximum atomic E-state index is 14.1. The van der Waals surface area contributed by atoms with E-state index in [0.717, 1.165) is 0 Å². The SMILES string of the molecule is CC(C)c1c(Cl)c(F)c2cnc(N[C@@H]3CCOC[C@H]3O)nn12. The molecule has 8 heteroatoms. The van der Waals surface area contributed by atoms with Crippen molar-refractivity contribution in [2.75, 3.05) is 18.5 Å². The number of hydrogen-bond acceptors (Lipinski definition) is 5. The van der Waals surface area contributed by atoms with Crippen LogP contribution in [0.25, 0.3) is 5.52 Å². The largest absolute Gasteiger partial charge is 0.389 e. The molecule has 3 heterocycles. The summed E-state index contributed by atoms with van der Waals surface area (Å²) in [6, 6.07) is -0.190. The normalized spacial score (nSPS) is 22.5. The second-order valence-corrected chi connectivity index (χ2v) is 6.11. The summed E-state index contributed by atoms with van der Waals surface area (Å²) in [4.78, 5) is 4.12. The molecule has 0 unspecified atom stereocenters. The number of nitrogens with one attached hydrogen (secondary N) is 1. The summed E-state index contributed by atoms with van der Waals surface area (Å²) in [7, 11) is 0. The van der Waals surface area contributed by atoms with Crippen molar-refractivity contribution in [3.05, 3.63) is 22.7 Å². The Kier molecular flexibility index (Phi) is 4.20. The number of aromatic nitrogens is 3. The first-order chi connectivity index (χ1) is 10.5. The molecule has 1 saturated heterocycles. The molecule has 0 radical (unpaired) electrons. The average Bonchev–Trinajstić information content (AvgIpc) is 2.73. The first-order valence-electron chi connectivity index (χ1n) is 7.24. The molecule has 0 bridgehead atoms. The van der Waals surface area contributed by atoms with Crippen LogP contribution in [0.15, 0.2) is 6.20 Å². The number of fused-ring (bicyclic) bond motifs is 1. The molecule has 0 aromatic carbocycles. The highest BCUT2D eigenvalue weighted by atomic mass is 35.5. The van der Waals surface area contributed by atoms with Gasteiger partial charge in [-0.25, -0.2) is 13.9 Å². The molecule has 0 saturated carbocycles. The molecule has 6 nitrogen and oxygen atoms in total. The topological polar surface area (TPSA) is 71.7 Å². The van der Waals surface area contributed by atoms with Crippen molar-refractivity contribution in [2.45, 2.75) is 38.3 Å². The predicted molar refractivity (Wildman–Crippen MR) is 80.9 cm³/mol. The van der Waals surface area contributed by atoms with Crippen LogP contribution in [0, 0.1) is 5.82 Å². The van der Waals surface area contributed by atoms with Crippen LogP contribution < -0.4 is 5.32 Å². The van der Waals surface area contributed by atoms with Crippen molar-refractivity contribution in [2.24, 2.45) is 0 Å². The molecule has 1 aliphatic heterocycles. The van der Waals surface area contributed by atoms with Crippen LogP contribution in [-0.4, -0.2) is 45.1 Å². The molecule has 3 rings (SSSR count). The summed E-state index contributed by atoms with van der Waals surface area (Å²) < 4.78 is 20.8. The zero-order valence-electron chi connectivity index (χ0n) is 12.4. The summed E-state index contributed by atoms with van der Waals surface area (Å²) in [5.41, 5.74) is 0.846. The Labute approximate surface area is 132 Å². The molecule has 2 N–H and O–H groups in total. The Morgan fingerprint density at radius 1 is 1.55 bits per heavy atom. The monoisotopic (exact) mass is 328 g/mol. The Bertz CT molecular complexity index is 691. The van der Waals surface area contributed by atoms with Gasteiger partial charge in [0, 0.05) is 6.61 Å². The van der Waals surface area contributed by atoms with E-state index >= 15 is 0 Å². The third-order valence-electron chi connectivity index (χ3n) is 3.79. The van der Waals surface area contributed by atoms with Gasteiger partial charge in [-0.15, -0.1) is 5.10 Å². The van der Waals surface area contributed by atoms with E-state index in [-0.39, 0.29) is 29.1 Å². The molecule has 0 aliphatic carbocycles. The molecule has 2 aromatic rings. The molecule has 0 amide bonds. The highest BCUT2D eigenvalue weighted by Crippen LogP contribution is 2.31. The Hall–Kier alpha value is -1.44. The molecule has 22 heavy (non-hydrogen) atoms. The highest BCUT2D eigenvalue weighted by molar-refractivity contribution is 6.32. The van der Waals surface area contributed by atoms with Gasteiger partial charge in [0.2, 0.25) is 5.95 Å². The zero-order chi connectivity index (χ0) is 15.9. The number of ether oxygens (including phenoxy) is 1. The van der Waals surface area contributed by atoms with Crippen molar-refractivity contribution in [3.8, 4) is 0 Å². The number of hydrogen-bond donors (Lipinski definition) is 2. The first-order valence-corrected chi connectivity index (χ1v) is 7.61. The van der Waals surface area contributed by atoms with Gasteiger partial charge in [0.1, 0.15) is 10.5 Å². The van der Waals surface area contributed by atoms with Crippen molar-refractivity contribution < 1.29 is 14.2 Å². The van der Waals surface area contributed by atoms with Crippen LogP contribution in [0.5, 0.6) is 0 Å². The standard InChI is InChI=1S/C14H18ClFN4O2/c1-7(2)13-11(15)12(16)9-5-17-14(19-20(9)13)18-8-3-4-22-6-10(8)21/h5,7-8,10,21H,3-4,6H2,1-2H3,(H,18,19)/t8-,10-/m1/s1. The fourth-order valence-corrected chi connectivity index (χ4v) is 3.02. The summed E-state index contributed by atoms with van der Waals surface area (Å²) in [5.74, 6) is -0.170. The fraction of sp³-hybridized carbons (Fsp3) is 0.571. The Balaban J connectivity index is 1.97. The minimum absolute atomic E-state index is 0.0147. The number of aliphatic hydroxyl groups excluding tert-OH is 1. The van der Waals surface area contributed by atoms with Gasteiger partial charge >= 0.3 is 0 Å². The quantitative estimate of drug-likeness (QED) is 0.904. The van der Waals surface area contributed by atoms with Gasteiger partial charge in [-0.1, -0.05) is 25.4 Å². The van der Waals surface area contributed by atoms with Gasteiger partial charge in [0.05, 0.1) is 30.6 Å². The molecular weight excluding hydrogens is 311 g/mol. The van der Waals surface area contributed by atoms with Crippen LogP contribution in [0.2, 0.25) is 5.02 Å². The van der Waals surface area contributed by atoms with Crippen LogP contribution in [-0.2, 0) is 4.74 Å². The summed E-state index contributed by atoms with van der Waals surface area (Å²) in [6.07, 6.45) is 1.43. The fourth-order valence-electron chi connectivity index (χ4n) is 2.62. The number of anilines is 1. The van der Waals surface area contributed by atoms with E-state index in [1.54, 1.807) is 0 Å². The smallest absolute Gasteiger partial charge is 0.241 e. The molecule has 1 fully saturated rings. The van der Waals surface area contributed by atoms with E-state index in [4.69, 9.17) is 16.3 Å². The summed E-state index contributed by atoms with van der Waals surface area (Å²) >= 11 is 6.06. The van der Waals surface area contributed by atoms with E-state index in [9.17, 15) is 9.50 Å². The summed E-state index contributed by atoms with van der Waals surface area (Å²) in [5, 5.41) is 17.4. The minimum Gasteiger partial charge on any atom is -0.389 e. The lowest BCUT2D eigenvalue weighted by molar-refractivity contribution is -0.0136. The zero-order valence-corrected chi connectivity index (χ0v) is 13.1.